The second kappa shape index (κ2) is 7.74. The molecule has 0 radical (unpaired) electrons. The van der Waals surface area contributed by atoms with Crippen LogP contribution < -0.4 is 16.0 Å². The Balaban J connectivity index is 1.91. The van der Waals surface area contributed by atoms with Crippen LogP contribution in [-0.4, -0.2) is 11.9 Å². The summed E-state index contributed by atoms with van der Waals surface area (Å²) in [6.45, 7) is 1.41. The Morgan fingerprint density at radius 2 is 1.70 bits per heavy atom. The fraction of sp³-hybridized carbons (Fsp3) is 0.0588. The zero-order valence-corrected chi connectivity index (χ0v) is 12.5. The van der Waals surface area contributed by atoms with E-state index < -0.39 is 6.03 Å². The monoisotopic (exact) mass is 313 g/mol. The van der Waals surface area contributed by atoms with Crippen LogP contribution in [0, 0.1) is 5.82 Å². The lowest BCUT2D eigenvalue weighted by Crippen LogP contribution is -2.23. The second-order valence-corrected chi connectivity index (χ2v) is 4.75. The molecule has 0 atom stereocenters. The maximum Gasteiger partial charge on any atom is 0.323 e. The maximum absolute atomic E-state index is 13.0. The average molecular weight is 313 g/mol. The van der Waals surface area contributed by atoms with Gasteiger partial charge in [0.15, 0.2) is 0 Å². The predicted molar refractivity (Wildman–Crippen MR) is 88.3 cm³/mol. The molecule has 2 aromatic rings. The van der Waals surface area contributed by atoms with Gasteiger partial charge < -0.3 is 16.0 Å². The van der Waals surface area contributed by atoms with E-state index in [1.54, 1.807) is 42.5 Å². The normalized spacial score (nSPS) is 10.3. The van der Waals surface area contributed by atoms with Crippen LogP contribution in [0.5, 0.6) is 0 Å². The summed E-state index contributed by atoms with van der Waals surface area (Å²) in [6.07, 6.45) is 3.00. The molecular formula is C17H16FN3O2. The van der Waals surface area contributed by atoms with Gasteiger partial charge in [0.25, 0.3) is 0 Å². The zero-order chi connectivity index (χ0) is 16.7. The number of carbonyl (C=O) groups is 2. The van der Waals surface area contributed by atoms with Gasteiger partial charge in [0.2, 0.25) is 5.91 Å². The number of hydrogen-bond acceptors (Lipinski definition) is 2. The van der Waals surface area contributed by atoms with Crippen LogP contribution in [0.1, 0.15) is 12.5 Å². The van der Waals surface area contributed by atoms with Crippen molar-refractivity contribution in [1.29, 1.82) is 0 Å². The summed E-state index contributed by atoms with van der Waals surface area (Å²) in [7, 11) is 0. The number of carbonyl (C=O) groups excluding carboxylic acids is 2. The third kappa shape index (κ3) is 5.62. The van der Waals surface area contributed by atoms with Crippen molar-refractivity contribution in [3.63, 3.8) is 0 Å². The van der Waals surface area contributed by atoms with E-state index in [4.69, 9.17) is 0 Å². The van der Waals surface area contributed by atoms with E-state index in [-0.39, 0.29) is 11.7 Å². The van der Waals surface area contributed by atoms with Gasteiger partial charge in [-0.3, -0.25) is 4.79 Å². The van der Waals surface area contributed by atoms with Gasteiger partial charge >= 0.3 is 6.03 Å². The molecule has 0 aromatic heterocycles. The first kappa shape index (κ1) is 16.2. The van der Waals surface area contributed by atoms with Crippen LogP contribution in [0.4, 0.5) is 20.6 Å². The van der Waals surface area contributed by atoms with Gasteiger partial charge in [0, 0.05) is 24.5 Å². The van der Waals surface area contributed by atoms with Crippen molar-refractivity contribution in [3.05, 3.63) is 66.1 Å². The fourth-order valence-electron chi connectivity index (χ4n) is 1.87. The number of amides is 3. The minimum atomic E-state index is -0.447. The van der Waals surface area contributed by atoms with Crippen molar-refractivity contribution < 1.29 is 14.0 Å². The highest BCUT2D eigenvalue weighted by atomic mass is 19.1. The maximum atomic E-state index is 13.0. The van der Waals surface area contributed by atoms with E-state index in [1.165, 1.54) is 25.3 Å². The van der Waals surface area contributed by atoms with Gasteiger partial charge in [0.1, 0.15) is 5.82 Å². The van der Waals surface area contributed by atoms with Gasteiger partial charge in [-0.1, -0.05) is 18.2 Å². The van der Waals surface area contributed by atoms with E-state index in [0.717, 1.165) is 0 Å². The van der Waals surface area contributed by atoms with Gasteiger partial charge in [-0.15, -0.1) is 0 Å². The van der Waals surface area contributed by atoms with Crippen molar-refractivity contribution in [3.8, 4) is 0 Å². The van der Waals surface area contributed by atoms with E-state index >= 15 is 0 Å². The number of hydrogen-bond donors (Lipinski definition) is 3. The summed E-state index contributed by atoms with van der Waals surface area (Å²) >= 11 is 0. The number of benzene rings is 2. The molecule has 6 heteroatoms. The quantitative estimate of drug-likeness (QED) is 0.807. The van der Waals surface area contributed by atoms with Crippen molar-refractivity contribution in [1.82, 2.24) is 5.32 Å². The highest BCUT2D eigenvalue weighted by Gasteiger charge is 2.01. The highest BCUT2D eigenvalue weighted by Crippen LogP contribution is 2.14. The predicted octanol–water partition coefficient (Wildman–Crippen LogP) is 3.58. The minimum absolute atomic E-state index is 0.190. The summed E-state index contributed by atoms with van der Waals surface area (Å²) in [5, 5.41) is 7.77. The van der Waals surface area contributed by atoms with Crippen LogP contribution in [-0.2, 0) is 4.79 Å². The first-order chi connectivity index (χ1) is 11.0. The molecule has 2 aromatic carbocycles. The number of nitrogens with one attached hydrogen (secondary N) is 3. The smallest absolute Gasteiger partial charge is 0.323 e. The molecule has 0 spiro atoms. The lowest BCUT2D eigenvalue weighted by molar-refractivity contribution is -0.114. The largest absolute Gasteiger partial charge is 0.326 e. The molecule has 3 N–H and O–H groups in total. The van der Waals surface area contributed by atoms with E-state index in [0.29, 0.717) is 16.9 Å². The van der Waals surface area contributed by atoms with Crippen LogP contribution in [0.3, 0.4) is 0 Å². The zero-order valence-electron chi connectivity index (χ0n) is 12.5. The first-order valence-electron chi connectivity index (χ1n) is 6.90. The van der Waals surface area contributed by atoms with E-state index in [9.17, 15) is 14.0 Å². The van der Waals surface area contributed by atoms with E-state index in [2.05, 4.69) is 16.0 Å². The molecule has 3 amide bonds. The van der Waals surface area contributed by atoms with Crippen LogP contribution in [0.2, 0.25) is 0 Å². The Bertz CT molecular complexity index is 744. The average Bonchev–Trinajstić information content (AvgIpc) is 2.47. The molecule has 0 fully saturated rings. The van der Waals surface area contributed by atoms with E-state index in [1.807, 2.05) is 0 Å². The summed E-state index contributed by atoms with van der Waals surface area (Å²) in [5.41, 5.74) is 1.76. The molecule has 0 saturated carbocycles. The van der Waals surface area contributed by atoms with Crippen LogP contribution in [0.15, 0.2) is 54.7 Å². The van der Waals surface area contributed by atoms with Gasteiger partial charge in [-0.05, 0) is 42.0 Å². The molecule has 5 nitrogen and oxygen atoms in total. The highest BCUT2D eigenvalue weighted by molar-refractivity contribution is 5.93. The lowest BCUT2D eigenvalue weighted by Gasteiger charge is -2.07. The van der Waals surface area contributed by atoms with Crippen LogP contribution >= 0.6 is 0 Å². The van der Waals surface area contributed by atoms with Gasteiger partial charge in [-0.2, -0.15) is 0 Å². The van der Waals surface area contributed by atoms with Crippen molar-refractivity contribution in [2.75, 3.05) is 10.6 Å². The number of urea groups is 1. The Hall–Kier alpha value is -3.15. The Kier molecular flexibility index (Phi) is 5.46. The third-order valence-electron chi connectivity index (χ3n) is 2.78. The Labute approximate surface area is 133 Å². The summed E-state index contributed by atoms with van der Waals surface area (Å²) in [6, 6.07) is 12.3. The van der Waals surface area contributed by atoms with Crippen molar-refractivity contribution >= 4 is 29.4 Å². The molecular weight excluding hydrogens is 297 g/mol. The van der Waals surface area contributed by atoms with Crippen molar-refractivity contribution in [2.45, 2.75) is 6.92 Å². The molecule has 0 bridgehead atoms. The topological polar surface area (TPSA) is 70.2 Å². The number of rotatable bonds is 4. The summed E-state index contributed by atoms with van der Waals surface area (Å²) in [5.74, 6) is -0.531. The molecule has 0 aliphatic carbocycles. The molecule has 23 heavy (non-hydrogen) atoms. The van der Waals surface area contributed by atoms with Gasteiger partial charge in [0.05, 0.1) is 0 Å². The minimum Gasteiger partial charge on any atom is -0.326 e. The summed E-state index contributed by atoms with van der Waals surface area (Å²) in [4.78, 5) is 22.8. The molecule has 0 unspecified atom stereocenters. The molecule has 0 aliphatic heterocycles. The second-order valence-electron chi connectivity index (χ2n) is 4.75. The third-order valence-corrected chi connectivity index (χ3v) is 2.78. The van der Waals surface area contributed by atoms with Crippen LogP contribution in [0.25, 0.3) is 6.08 Å². The Morgan fingerprint density at radius 3 is 2.39 bits per heavy atom. The Morgan fingerprint density at radius 1 is 1.00 bits per heavy atom. The van der Waals surface area contributed by atoms with Crippen molar-refractivity contribution in [2.24, 2.45) is 0 Å². The number of anilines is 2. The first-order valence-corrected chi connectivity index (χ1v) is 6.90. The molecule has 118 valence electrons. The SMILES string of the molecule is CC(=O)Nc1cccc(NC(=O)N/C=C/c2cccc(F)c2)c1. The lowest BCUT2D eigenvalue weighted by atomic mass is 10.2. The number of halogens is 1. The molecule has 0 heterocycles. The molecule has 0 aliphatic rings. The van der Waals surface area contributed by atoms with Gasteiger partial charge in [-0.25, -0.2) is 9.18 Å². The summed E-state index contributed by atoms with van der Waals surface area (Å²) < 4.78 is 13.0. The fourth-order valence-corrected chi connectivity index (χ4v) is 1.87. The molecule has 0 saturated heterocycles. The standard InChI is InChI=1S/C17H16FN3O2/c1-12(22)20-15-6-3-7-16(11-15)21-17(23)19-9-8-13-4-2-5-14(18)10-13/h2-11H,1H3,(H,20,22)(H2,19,21,23)/b9-8+. The molecule has 2 rings (SSSR count).